The van der Waals surface area contributed by atoms with E-state index in [0.717, 1.165) is 32.5 Å². The number of rotatable bonds is 6. The number of aryl methyl sites for hydroxylation is 2. The molecule has 2 atom stereocenters. The van der Waals surface area contributed by atoms with Crippen LogP contribution in [-0.4, -0.2) is 28.6 Å². The highest BCUT2D eigenvalue weighted by Gasteiger charge is 2.28. The highest BCUT2D eigenvalue weighted by atomic mass is 32.3. The lowest BCUT2D eigenvalue weighted by atomic mass is 9.99. The number of sulfonamides is 1. The number of piperidine rings is 1. The Bertz CT molecular complexity index is 1050. The normalized spacial score (nSPS) is 19.1. The molecule has 1 aliphatic rings. The van der Waals surface area contributed by atoms with Crippen molar-refractivity contribution in [2.45, 2.75) is 44.2 Å². The van der Waals surface area contributed by atoms with Gasteiger partial charge in [-0.1, -0.05) is 76.0 Å². The Labute approximate surface area is 186 Å². The Kier molecular flexibility index (Phi) is 6.68. The molecule has 0 saturated carbocycles. The molecule has 0 aliphatic carbocycles. The predicted octanol–water partition coefficient (Wildman–Crippen LogP) is 5.13. The third kappa shape index (κ3) is 5.69. The third-order valence-corrected chi connectivity index (χ3v) is 7.33. The zero-order valence-corrected chi connectivity index (χ0v) is 19.0. The summed E-state index contributed by atoms with van der Waals surface area (Å²) < 4.78 is 28.2. The SMILES string of the molecule is Cc1cc(C)cc(-c2ccc(CN3CCCC(N[S+](=O)([O-])c4ccccc4)C3)cc2)c1. The first-order valence-corrected chi connectivity index (χ1v) is 12.3. The molecular weight excluding hydrogens is 404 g/mol. The van der Waals surface area contributed by atoms with Gasteiger partial charge in [-0.15, -0.1) is 4.72 Å². The second-order valence-corrected chi connectivity index (χ2v) is 10.3. The quantitative estimate of drug-likeness (QED) is 0.547. The molecule has 31 heavy (non-hydrogen) atoms. The number of nitrogens with zero attached hydrogens (tertiary/aromatic N) is 1. The van der Waals surface area contributed by atoms with Crippen LogP contribution < -0.4 is 4.72 Å². The first-order valence-electron chi connectivity index (χ1n) is 10.9. The average Bonchev–Trinajstić information content (AvgIpc) is 2.74. The van der Waals surface area contributed by atoms with Crippen molar-refractivity contribution < 1.29 is 8.76 Å². The van der Waals surface area contributed by atoms with E-state index in [1.165, 1.54) is 27.8 Å². The van der Waals surface area contributed by atoms with E-state index in [9.17, 15) is 8.76 Å². The van der Waals surface area contributed by atoms with Crippen LogP contribution in [0.4, 0.5) is 0 Å². The lowest BCUT2D eigenvalue weighted by molar-refractivity contribution is 0.193. The predicted molar refractivity (Wildman–Crippen MR) is 126 cm³/mol. The second kappa shape index (κ2) is 9.45. The summed E-state index contributed by atoms with van der Waals surface area (Å²) in [6.45, 7) is 6.80. The molecule has 1 heterocycles. The Morgan fingerprint density at radius 3 is 2.32 bits per heavy atom. The molecule has 0 bridgehead atoms. The Hall–Kier alpha value is -2.31. The van der Waals surface area contributed by atoms with Crippen LogP contribution in [0.1, 0.15) is 29.5 Å². The summed E-state index contributed by atoms with van der Waals surface area (Å²) >= 11 is 0. The van der Waals surface area contributed by atoms with Crippen molar-refractivity contribution in [1.82, 2.24) is 9.62 Å². The molecule has 1 saturated heterocycles. The molecule has 3 aromatic carbocycles. The van der Waals surface area contributed by atoms with Crippen molar-refractivity contribution in [2.75, 3.05) is 13.1 Å². The van der Waals surface area contributed by atoms with Gasteiger partial charge in [-0.3, -0.25) is 4.90 Å². The smallest absolute Gasteiger partial charge is 0.175 e. The van der Waals surface area contributed by atoms with Gasteiger partial charge in [0.15, 0.2) is 15.3 Å². The Balaban J connectivity index is 1.39. The van der Waals surface area contributed by atoms with Gasteiger partial charge < -0.3 is 4.55 Å². The molecule has 3 aromatic rings. The molecule has 1 aliphatic heterocycles. The standard InChI is InChI=1S/C26H30N2O2S/c1-20-15-21(2)17-24(16-20)23-12-10-22(11-13-23)18-28-14-6-7-25(19-28)27-31(29,30)26-8-4-3-5-9-26/h3-5,8-13,15-17,25H,6-7,14,18-19H2,1-2H3,(H-,27,29,30). The number of hydrogen-bond acceptors (Lipinski definition) is 3. The largest absolute Gasteiger partial charge is 0.593 e. The van der Waals surface area contributed by atoms with E-state index in [4.69, 9.17) is 0 Å². The van der Waals surface area contributed by atoms with E-state index >= 15 is 0 Å². The summed E-state index contributed by atoms with van der Waals surface area (Å²) in [7, 11) is -3.48. The summed E-state index contributed by atoms with van der Waals surface area (Å²) in [6, 6.07) is 23.9. The van der Waals surface area contributed by atoms with E-state index in [1.807, 2.05) is 6.07 Å². The fourth-order valence-corrected chi connectivity index (χ4v) is 5.67. The summed E-state index contributed by atoms with van der Waals surface area (Å²) in [4.78, 5) is 2.67. The van der Waals surface area contributed by atoms with Gasteiger partial charge >= 0.3 is 0 Å². The van der Waals surface area contributed by atoms with Gasteiger partial charge in [0, 0.05) is 13.1 Å². The van der Waals surface area contributed by atoms with Crippen LogP contribution in [0.5, 0.6) is 0 Å². The van der Waals surface area contributed by atoms with Crippen molar-refractivity contribution in [3.8, 4) is 11.1 Å². The summed E-state index contributed by atoms with van der Waals surface area (Å²) in [5, 5.41) is 0. The molecule has 1 N–H and O–H groups in total. The minimum absolute atomic E-state index is 0.0616. The van der Waals surface area contributed by atoms with Crippen LogP contribution in [0.3, 0.4) is 0 Å². The van der Waals surface area contributed by atoms with Crippen LogP contribution >= 0.6 is 0 Å². The lowest BCUT2D eigenvalue weighted by Crippen LogP contribution is -2.49. The van der Waals surface area contributed by atoms with E-state index in [1.54, 1.807) is 24.3 Å². The van der Waals surface area contributed by atoms with E-state index in [2.05, 4.69) is 65.9 Å². The molecule has 2 unspecified atom stereocenters. The topological polar surface area (TPSA) is 55.4 Å². The van der Waals surface area contributed by atoms with E-state index in [-0.39, 0.29) is 6.04 Å². The maximum absolute atomic E-state index is 12.7. The number of nitrogens with one attached hydrogen (secondary N) is 1. The summed E-state index contributed by atoms with van der Waals surface area (Å²) in [5.74, 6) is 0. The van der Waals surface area contributed by atoms with Gasteiger partial charge in [0.1, 0.15) is 0 Å². The molecule has 0 amide bonds. The first-order chi connectivity index (χ1) is 14.9. The fourth-order valence-electron chi connectivity index (χ4n) is 4.38. The van der Waals surface area contributed by atoms with Crippen LogP contribution in [0.25, 0.3) is 11.1 Å². The van der Waals surface area contributed by atoms with E-state index < -0.39 is 10.4 Å². The maximum atomic E-state index is 12.7. The van der Waals surface area contributed by atoms with Gasteiger partial charge in [0.2, 0.25) is 0 Å². The van der Waals surface area contributed by atoms with Crippen LogP contribution in [0.2, 0.25) is 0 Å². The highest BCUT2D eigenvalue weighted by Crippen LogP contribution is 2.24. The summed E-state index contributed by atoms with van der Waals surface area (Å²) in [6.07, 6.45) is 1.86. The molecule has 162 valence electrons. The minimum atomic E-state index is -3.48. The second-order valence-electron chi connectivity index (χ2n) is 8.58. The van der Waals surface area contributed by atoms with Crippen LogP contribution in [0.15, 0.2) is 77.7 Å². The van der Waals surface area contributed by atoms with Crippen LogP contribution in [-0.2, 0) is 21.2 Å². The van der Waals surface area contributed by atoms with Crippen molar-refractivity contribution in [1.29, 1.82) is 0 Å². The molecule has 4 rings (SSSR count). The number of hydrogen-bond donors (Lipinski definition) is 1. The molecule has 5 heteroatoms. The molecule has 0 spiro atoms. The van der Waals surface area contributed by atoms with E-state index in [0.29, 0.717) is 4.90 Å². The monoisotopic (exact) mass is 434 g/mol. The van der Waals surface area contributed by atoms with Crippen molar-refractivity contribution in [3.05, 3.63) is 89.5 Å². The maximum Gasteiger partial charge on any atom is 0.175 e. The number of benzene rings is 3. The van der Waals surface area contributed by atoms with Crippen molar-refractivity contribution >= 4 is 10.4 Å². The van der Waals surface area contributed by atoms with Crippen molar-refractivity contribution in [2.24, 2.45) is 0 Å². The first kappa shape index (κ1) is 21.9. The molecule has 0 aromatic heterocycles. The lowest BCUT2D eigenvalue weighted by Gasteiger charge is -2.33. The van der Waals surface area contributed by atoms with Gasteiger partial charge in [0.05, 0.1) is 6.04 Å². The van der Waals surface area contributed by atoms with Gasteiger partial charge in [0.25, 0.3) is 0 Å². The minimum Gasteiger partial charge on any atom is -0.593 e. The Morgan fingerprint density at radius 2 is 1.65 bits per heavy atom. The zero-order chi connectivity index (χ0) is 21.8. The molecule has 0 radical (unpaired) electrons. The van der Waals surface area contributed by atoms with Gasteiger partial charge in [-0.05, 0) is 62.1 Å². The van der Waals surface area contributed by atoms with Gasteiger partial charge in [-0.2, -0.15) is 0 Å². The highest BCUT2D eigenvalue weighted by molar-refractivity contribution is 7.95. The molecular formula is C26H30N2O2S. The summed E-state index contributed by atoms with van der Waals surface area (Å²) in [5.41, 5.74) is 6.27. The average molecular weight is 435 g/mol. The van der Waals surface area contributed by atoms with Crippen LogP contribution in [0, 0.1) is 13.8 Å². The number of likely N-dealkylation sites (tertiary alicyclic amines) is 1. The van der Waals surface area contributed by atoms with Gasteiger partial charge in [-0.25, -0.2) is 0 Å². The molecule has 1 fully saturated rings. The third-order valence-electron chi connectivity index (χ3n) is 5.80. The van der Waals surface area contributed by atoms with Crippen molar-refractivity contribution in [3.63, 3.8) is 0 Å². The molecule has 4 nitrogen and oxygen atoms in total. The Morgan fingerprint density at radius 1 is 0.968 bits per heavy atom. The zero-order valence-electron chi connectivity index (χ0n) is 18.2. The fraction of sp³-hybridized carbons (Fsp3) is 0.308.